The molecular formula is C60H41N3O. The Morgan fingerprint density at radius 1 is 0.297 bits per heavy atom. The Kier molecular flexibility index (Phi) is 9.12. The Labute approximate surface area is 371 Å². The summed E-state index contributed by atoms with van der Waals surface area (Å²) in [5, 5.41) is 4.68. The monoisotopic (exact) mass is 819 g/mol. The van der Waals surface area contributed by atoms with E-state index in [1.54, 1.807) is 0 Å². The number of fused-ring (bicyclic) bond motifs is 6. The third-order valence-corrected chi connectivity index (χ3v) is 12.3. The Morgan fingerprint density at radius 3 is 1.44 bits per heavy atom. The molecule has 12 aromatic rings. The number of hydrogen-bond acceptors (Lipinski definition) is 3. The van der Waals surface area contributed by atoms with E-state index in [2.05, 4.69) is 251 Å². The van der Waals surface area contributed by atoms with E-state index < -0.39 is 0 Å². The number of aromatic nitrogens is 1. The van der Waals surface area contributed by atoms with Crippen LogP contribution in [0.4, 0.5) is 34.1 Å². The second kappa shape index (κ2) is 15.7. The van der Waals surface area contributed by atoms with E-state index in [0.717, 1.165) is 84.0 Å². The van der Waals surface area contributed by atoms with Crippen LogP contribution < -0.4 is 9.80 Å². The normalized spacial score (nSPS) is 11.4. The van der Waals surface area contributed by atoms with Crippen LogP contribution in [0, 0.1) is 0 Å². The van der Waals surface area contributed by atoms with Gasteiger partial charge in [0.15, 0.2) is 0 Å². The van der Waals surface area contributed by atoms with E-state index in [1.807, 2.05) is 12.1 Å². The molecule has 64 heavy (non-hydrogen) atoms. The fraction of sp³-hybridized carbons (Fsp3) is 0. The number of anilines is 6. The maximum absolute atomic E-state index is 6.48. The van der Waals surface area contributed by atoms with E-state index in [1.165, 1.54) is 21.8 Å². The number of nitrogens with zero attached hydrogens (tertiary/aromatic N) is 3. The number of furan rings is 1. The third-order valence-electron chi connectivity index (χ3n) is 12.3. The summed E-state index contributed by atoms with van der Waals surface area (Å²) < 4.78 is 8.85. The molecule has 0 amide bonds. The third kappa shape index (κ3) is 6.48. The molecule has 2 aromatic heterocycles. The van der Waals surface area contributed by atoms with Gasteiger partial charge in [-0.3, -0.25) is 0 Å². The highest BCUT2D eigenvalue weighted by Gasteiger charge is 2.21. The van der Waals surface area contributed by atoms with Gasteiger partial charge in [0.25, 0.3) is 0 Å². The molecule has 302 valence electrons. The van der Waals surface area contributed by atoms with Crippen molar-refractivity contribution >= 4 is 77.9 Å². The lowest BCUT2D eigenvalue weighted by molar-refractivity contribution is 0.670. The highest BCUT2D eigenvalue weighted by molar-refractivity contribution is 6.11. The van der Waals surface area contributed by atoms with Gasteiger partial charge in [-0.1, -0.05) is 146 Å². The Morgan fingerprint density at radius 2 is 0.797 bits per heavy atom. The minimum Gasteiger partial charge on any atom is -0.455 e. The molecule has 4 heteroatoms. The summed E-state index contributed by atoms with van der Waals surface area (Å²) in [4.78, 5) is 4.72. The largest absolute Gasteiger partial charge is 0.455 e. The van der Waals surface area contributed by atoms with Crippen LogP contribution in [-0.2, 0) is 0 Å². The standard InChI is InChI=1S/C60H41N3O/c1-5-18-45(19-6-1)61(46-20-7-2-8-21-46)50-38-44(43-34-37-58-56(40-43)53-26-13-15-30-57(53)63(58)48-24-11-4-12-25-48)39-51(41-50)62(47-22-9-3-10-23-47)49-35-32-42(33-36-49)52-28-17-29-55-54-27-14-16-31-59(54)64-60(52)55/h1-41H. The van der Waals surface area contributed by atoms with Crippen molar-refractivity contribution in [1.29, 1.82) is 0 Å². The predicted molar refractivity (Wildman–Crippen MR) is 268 cm³/mol. The van der Waals surface area contributed by atoms with E-state index in [9.17, 15) is 0 Å². The maximum atomic E-state index is 6.48. The molecule has 0 bridgehead atoms. The topological polar surface area (TPSA) is 24.6 Å². The molecule has 0 aliphatic rings. The summed E-state index contributed by atoms with van der Waals surface area (Å²) in [6.07, 6.45) is 0. The van der Waals surface area contributed by atoms with Crippen molar-refractivity contribution in [2.24, 2.45) is 0 Å². The molecule has 2 heterocycles. The highest BCUT2D eigenvalue weighted by Crippen LogP contribution is 2.45. The molecule has 0 aliphatic carbocycles. The zero-order valence-corrected chi connectivity index (χ0v) is 34.9. The second-order valence-corrected chi connectivity index (χ2v) is 16.2. The first-order chi connectivity index (χ1) is 31.7. The summed E-state index contributed by atoms with van der Waals surface area (Å²) in [7, 11) is 0. The van der Waals surface area contributed by atoms with Gasteiger partial charge in [0.1, 0.15) is 11.2 Å². The fourth-order valence-electron chi connectivity index (χ4n) is 9.42. The molecule has 0 aliphatic heterocycles. The molecule has 10 aromatic carbocycles. The van der Waals surface area contributed by atoms with E-state index >= 15 is 0 Å². The average molecular weight is 820 g/mol. The molecule has 12 rings (SSSR count). The maximum Gasteiger partial charge on any atom is 0.143 e. The Balaban J connectivity index is 1.06. The van der Waals surface area contributed by atoms with Gasteiger partial charge >= 0.3 is 0 Å². The van der Waals surface area contributed by atoms with E-state index in [-0.39, 0.29) is 0 Å². The minimum absolute atomic E-state index is 0.897. The van der Waals surface area contributed by atoms with Gasteiger partial charge in [0, 0.05) is 66.9 Å². The molecule has 0 radical (unpaired) electrons. The summed E-state index contributed by atoms with van der Waals surface area (Å²) in [5.74, 6) is 0. The minimum atomic E-state index is 0.897. The Hall–Kier alpha value is -8.60. The lowest BCUT2D eigenvalue weighted by atomic mass is 9.99. The quantitative estimate of drug-likeness (QED) is 0.145. The molecule has 0 unspecified atom stereocenters. The molecule has 0 saturated carbocycles. The first-order valence-electron chi connectivity index (χ1n) is 21.8. The van der Waals surface area contributed by atoms with Gasteiger partial charge in [0.05, 0.1) is 11.0 Å². The summed E-state index contributed by atoms with van der Waals surface area (Å²) >= 11 is 0. The van der Waals surface area contributed by atoms with E-state index in [4.69, 9.17) is 4.42 Å². The average Bonchev–Trinajstić information content (AvgIpc) is 3.91. The summed E-state index contributed by atoms with van der Waals surface area (Å²) in [6, 6.07) is 88.9. The smallest absolute Gasteiger partial charge is 0.143 e. The van der Waals surface area contributed by atoms with Gasteiger partial charge in [0.2, 0.25) is 0 Å². The van der Waals surface area contributed by atoms with Crippen molar-refractivity contribution in [2.75, 3.05) is 9.80 Å². The predicted octanol–water partition coefficient (Wildman–Crippen LogP) is 17.0. The van der Waals surface area contributed by atoms with Crippen LogP contribution in [0.15, 0.2) is 253 Å². The van der Waals surface area contributed by atoms with Crippen LogP contribution in [0.25, 0.3) is 71.7 Å². The van der Waals surface area contributed by atoms with E-state index in [0.29, 0.717) is 0 Å². The van der Waals surface area contributed by atoms with Crippen LogP contribution in [0.3, 0.4) is 0 Å². The summed E-state index contributed by atoms with van der Waals surface area (Å²) in [6.45, 7) is 0. The van der Waals surface area contributed by atoms with Gasteiger partial charge in [-0.25, -0.2) is 0 Å². The number of benzene rings is 10. The zero-order valence-electron chi connectivity index (χ0n) is 34.9. The highest BCUT2D eigenvalue weighted by atomic mass is 16.3. The van der Waals surface area contributed by atoms with Crippen LogP contribution >= 0.6 is 0 Å². The molecular weight excluding hydrogens is 779 g/mol. The zero-order chi connectivity index (χ0) is 42.4. The second-order valence-electron chi connectivity index (χ2n) is 16.2. The van der Waals surface area contributed by atoms with Crippen LogP contribution in [0.2, 0.25) is 0 Å². The van der Waals surface area contributed by atoms with Crippen molar-refractivity contribution in [1.82, 2.24) is 4.57 Å². The number of hydrogen-bond donors (Lipinski definition) is 0. The van der Waals surface area contributed by atoms with Crippen LogP contribution in [0.5, 0.6) is 0 Å². The molecule has 0 spiro atoms. The Bertz CT molecular complexity index is 3560. The number of rotatable bonds is 9. The SMILES string of the molecule is c1ccc(N(c2ccccc2)c2cc(-c3ccc4c(c3)c3ccccc3n4-c3ccccc3)cc(N(c3ccccc3)c3ccc(-c4cccc5c4oc4ccccc45)cc3)c2)cc1. The number of para-hydroxylation sites is 7. The lowest BCUT2D eigenvalue weighted by Gasteiger charge is -2.30. The van der Waals surface area contributed by atoms with Gasteiger partial charge in [-0.15, -0.1) is 0 Å². The fourth-order valence-corrected chi connectivity index (χ4v) is 9.42. The molecule has 0 N–H and O–H groups in total. The van der Waals surface area contributed by atoms with Crippen molar-refractivity contribution in [3.05, 3.63) is 249 Å². The first-order valence-corrected chi connectivity index (χ1v) is 21.8. The van der Waals surface area contributed by atoms with Gasteiger partial charge in [-0.05, 0) is 120 Å². The first kappa shape index (κ1) is 37.2. The van der Waals surface area contributed by atoms with Crippen molar-refractivity contribution in [3.8, 4) is 27.9 Å². The van der Waals surface area contributed by atoms with Crippen LogP contribution in [0.1, 0.15) is 0 Å². The molecule has 0 atom stereocenters. The molecule has 4 nitrogen and oxygen atoms in total. The van der Waals surface area contributed by atoms with Gasteiger partial charge in [-0.2, -0.15) is 0 Å². The molecule has 0 fully saturated rings. The van der Waals surface area contributed by atoms with Crippen molar-refractivity contribution in [2.45, 2.75) is 0 Å². The molecule has 0 saturated heterocycles. The lowest BCUT2D eigenvalue weighted by Crippen LogP contribution is -2.13. The van der Waals surface area contributed by atoms with Crippen LogP contribution in [-0.4, -0.2) is 4.57 Å². The summed E-state index contributed by atoms with van der Waals surface area (Å²) in [5.41, 5.74) is 16.1. The van der Waals surface area contributed by atoms with Gasteiger partial charge < -0.3 is 18.8 Å². The van der Waals surface area contributed by atoms with Crippen molar-refractivity contribution < 1.29 is 4.42 Å². The van der Waals surface area contributed by atoms with Crippen molar-refractivity contribution in [3.63, 3.8) is 0 Å².